The number of nitrogens with zero attached hydrogens (tertiary/aromatic N) is 2. The van der Waals surface area contributed by atoms with Crippen LogP contribution in [0.25, 0.3) is 0 Å². The Morgan fingerprint density at radius 3 is 2.68 bits per heavy atom. The van der Waals surface area contributed by atoms with Crippen LogP contribution in [0.2, 0.25) is 0 Å². The zero-order valence-electron chi connectivity index (χ0n) is 15.0. The Morgan fingerprint density at radius 2 is 1.92 bits per heavy atom. The molecule has 0 saturated carbocycles. The number of hydrogen-bond donors (Lipinski definition) is 1. The fourth-order valence-corrected chi connectivity index (χ4v) is 4.32. The molecule has 0 aromatic heterocycles. The third kappa shape index (κ3) is 4.82. The van der Waals surface area contributed by atoms with Crippen LogP contribution in [0, 0.1) is 5.41 Å². The van der Waals surface area contributed by atoms with E-state index in [0.717, 1.165) is 52.0 Å². The summed E-state index contributed by atoms with van der Waals surface area (Å²) in [5, 5.41) is 0. The quantitative estimate of drug-likeness (QED) is 0.857. The number of carbonyl (C=O) groups excluding carboxylic acids is 2. The van der Waals surface area contributed by atoms with Crippen LogP contribution in [-0.4, -0.2) is 54.3 Å². The van der Waals surface area contributed by atoms with Gasteiger partial charge in [-0.15, -0.1) is 0 Å². The van der Waals surface area contributed by atoms with Crippen molar-refractivity contribution in [2.45, 2.75) is 38.5 Å². The van der Waals surface area contributed by atoms with Gasteiger partial charge in [0.25, 0.3) is 0 Å². The molecule has 0 radical (unpaired) electrons. The van der Waals surface area contributed by atoms with Gasteiger partial charge in [-0.3, -0.25) is 9.59 Å². The zero-order chi connectivity index (χ0) is 17.7. The van der Waals surface area contributed by atoms with Crippen LogP contribution in [0.3, 0.4) is 0 Å². The van der Waals surface area contributed by atoms with Crippen molar-refractivity contribution in [3.05, 3.63) is 35.9 Å². The Morgan fingerprint density at radius 1 is 1.12 bits per heavy atom. The molecule has 2 aliphatic rings. The number of benzene rings is 1. The van der Waals surface area contributed by atoms with Crippen LogP contribution in [0.4, 0.5) is 0 Å². The van der Waals surface area contributed by atoms with Gasteiger partial charge in [-0.2, -0.15) is 0 Å². The molecule has 25 heavy (non-hydrogen) atoms. The van der Waals surface area contributed by atoms with E-state index < -0.39 is 0 Å². The molecule has 1 spiro atoms. The van der Waals surface area contributed by atoms with Crippen molar-refractivity contribution in [2.24, 2.45) is 11.1 Å². The highest BCUT2D eigenvalue weighted by Gasteiger charge is 2.41. The second-order valence-corrected chi connectivity index (χ2v) is 7.65. The molecular weight excluding hydrogens is 314 g/mol. The number of nitrogens with two attached hydrogens (primary N) is 1. The molecule has 3 rings (SSSR count). The minimum atomic E-state index is -0.233. The molecule has 5 nitrogen and oxygen atoms in total. The van der Waals surface area contributed by atoms with Crippen molar-refractivity contribution >= 4 is 11.8 Å². The van der Waals surface area contributed by atoms with Crippen LogP contribution in [0.1, 0.15) is 37.7 Å². The van der Waals surface area contributed by atoms with E-state index in [4.69, 9.17) is 5.73 Å². The predicted octanol–water partition coefficient (Wildman–Crippen LogP) is 1.81. The van der Waals surface area contributed by atoms with Gasteiger partial charge in [-0.25, -0.2) is 0 Å². The standard InChI is InChI=1S/C20H29N3O2/c21-18(24)9-13-22-12-4-10-20(15-22)11-7-19(25)23(16-20)14-8-17-5-2-1-3-6-17/h1-3,5-6H,4,7-16H2,(H2,21,24)/t20-/m0/s1. The van der Waals surface area contributed by atoms with E-state index in [1.165, 1.54) is 12.0 Å². The summed E-state index contributed by atoms with van der Waals surface area (Å²) in [5.41, 5.74) is 6.77. The first kappa shape index (κ1) is 17.9. The summed E-state index contributed by atoms with van der Waals surface area (Å²) in [4.78, 5) is 27.9. The van der Waals surface area contributed by atoms with Crippen LogP contribution in [-0.2, 0) is 16.0 Å². The smallest absolute Gasteiger partial charge is 0.222 e. The first-order valence-electron chi connectivity index (χ1n) is 9.39. The summed E-state index contributed by atoms with van der Waals surface area (Å²) in [6, 6.07) is 10.4. The lowest BCUT2D eigenvalue weighted by atomic mass is 9.73. The average Bonchev–Trinajstić information content (AvgIpc) is 2.62. The fourth-order valence-electron chi connectivity index (χ4n) is 4.32. The molecule has 0 unspecified atom stereocenters. The van der Waals surface area contributed by atoms with Gasteiger partial charge < -0.3 is 15.5 Å². The summed E-state index contributed by atoms with van der Waals surface area (Å²) in [6.45, 7) is 4.41. The van der Waals surface area contributed by atoms with Gasteiger partial charge >= 0.3 is 0 Å². The van der Waals surface area contributed by atoms with Crippen molar-refractivity contribution in [1.82, 2.24) is 9.80 Å². The Bertz CT molecular complexity index is 604. The summed E-state index contributed by atoms with van der Waals surface area (Å²) >= 11 is 0. The topological polar surface area (TPSA) is 66.6 Å². The molecule has 2 saturated heterocycles. The minimum absolute atomic E-state index is 0.195. The summed E-state index contributed by atoms with van der Waals surface area (Å²) < 4.78 is 0. The molecule has 2 fully saturated rings. The Kier molecular flexibility index (Phi) is 5.74. The van der Waals surface area contributed by atoms with Gasteiger partial charge in [-0.05, 0) is 37.8 Å². The van der Waals surface area contributed by atoms with E-state index in [0.29, 0.717) is 12.8 Å². The average molecular weight is 343 g/mol. The number of amides is 2. The minimum Gasteiger partial charge on any atom is -0.370 e. The highest BCUT2D eigenvalue weighted by Crippen LogP contribution is 2.38. The predicted molar refractivity (Wildman–Crippen MR) is 97.9 cm³/mol. The maximum Gasteiger partial charge on any atom is 0.222 e. The Balaban J connectivity index is 1.58. The van der Waals surface area contributed by atoms with E-state index in [-0.39, 0.29) is 17.2 Å². The molecular formula is C20H29N3O2. The maximum absolute atomic E-state index is 12.4. The van der Waals surface area contributed by atoms with Gasteiger partial charge in [0.05, 0.1) is 0 Å². The van der Waals surface area contributed by atoms with Gasteiger partial charge in [-0.1, -0.05) is 30.3 Å². The van der Waals surface area contributed by atoms with Gasteiger partial charge in [0.1, 0.15) is 0 Å². The van der Waals surface area contributed by atoms with Crippen LogP contribution < -0.4 is 5.73 Å². The third-order valence-corrected chi connectivity index (χ3v) is 5.68. The lowest BCUT2D eigenvalue weighted by Crippen LogP contribution is -2.54. The van der Waals surface area contributed by atoms with Gasteiger partial charge in [0, 0.05) is 44.4 Å². The number of primary amides is 1. The lowest BCUT2D eigenvalue weighted by Gasteiger charge is -2.48. The van der Waals surface area contributed by atoms with Crippen molar-refractivity contribution in [3.8, 4) is 0 Å². The second-order valence-electron chi connectivity index (χ2n) is 7.65. The summed E-state index contributed by atoms with van der Waals surface area (Å²) in [6.07, 6.45) is 5.27. The second kappa shape index (κ2) is 8.00. The summed E-state index contributed by atoms with van der Waals surface area (Å²) in [5.74, 6) is 0.0544. The number of hydrogen-bond acceptors (Lipinski definition) is 3. The highest BCUT2D eigenvalue weighted by atomic mass is 16.2. The Labute approximate surface area is 150 Å². The molecule has 2 aliphatic heterocycles. The molecule has 1 aromatic carbocycles. The first-order chi connectivity index (χ1) is 12.1. The van der Waals surface area contributed by atoms with E-state index in [1.54, 1.807) is 0 Å². The molecule has 0 aliphatic carbocycles. The highest BCUT2D eigenvalue weighted by molar-refractivity contribution is 5.77. The number of piperidine rings is 2. The van der Waals surface area contributed by atoms with Gasteiger partial charge in [0.2, 0.25) is 11.8 Å². The fraction of sp³-hybridized carbons (Fsp3) is 0.600. The van der Waals surface area contributed by atoms with E-state index in [2.05, 4.69) is 21.9 Å². The first-order valence-corrected chi connectivity index (χ1v) is 9.39. The number of carbonyl (C=O) groups is 2. The van der Waals surface area contributed by atoms with E-state index in [1.807, 2.05) is 18.2 Å². The largest absolute Gasteiger partial charge is 0.370 e. The number of rotatable bonds is 6. The van der Waals surface area contributed by atoms with Crippen LogP contribution >= 0.6 is 0 Å². The third-order valence-electron chi connectivity index (χ3n) is 5.68. The van der Waals surface area contributed by atoms with Crippen molar-refractivity contribution in [2.75, 3.05) is 32.7 Å². The molecule has 0 bridgehead atoms. The molecule has 1 aromatic rings. The van der Waals surface area contributed by atoms with E-state index in [9.17, 15) is 9.59 Å². The van der Waals surface area contributed by atoms with Gasteiger partial charge in [0.15, 0.2) is 0 Å². The Hall–Kier alpha value is -1.88. The molecule has 1 atom stereocenters. The van der Waals surface area contributed by atoms with E-state index >= 15 is 0 Å². The maximum atomic E-state index is 12.4. The lowest BCUT2D eigenvalue weighted by molar-refractivity contribution is -0.139. The molecule has 5 heteroatoms. The van der Waals surface area contributed by atoms with Crippen molar-refractivity contribution < 1.29 is 9.59 Å². The molecule has 136 valence electrons. The summed E-state index contributed by atoms with van der Waals surface area (Å²) in [7, 11) is 0. The monoisotopic (exact) mass is 343 g/mol. The van der Waals surface area contributed by atoms with Crippen LogP contribution in [0.15, 0.2) is 30.3 Å². The van der Waals surface area contributed by atoms with Crippen molar-refractivity contribution in [1.29, 1.82) is 0 Å². The van der Waals surface area contributed by atoms with Crippen LogP contribution in [0.5, 0.6) is 0 Å². The molecule has 2 N–H and O–H groups in total. The molecule has 2 amide bonds. The number of likely N-dealkylation sites (tertiary alicyclic amines) is 2. The zero-order valence-corrected chi connectivity index (χ0v) is 15.0. The normalized spacial score (nSPS) is 24.6. The van der Waals surface area contributed by atoms with Crippen molar-refractivity contribution in [3.63, 3.8) is 0 Å². The SMILES string of the molecule is NC(=O)CCN1CCC[C@]2(CCC(=O)N(CCc3ccccc3)C2)C1. The molecule has 2 heterocycles.